The van der Waals surface area contributed by atoms with Gasteiger partial charge in [-0.25, -0.2) is 14.8 Å². The maximum atomic E-state index is 13.1. The van der Waals surface area contributed by atoms with Crippen molar-refractivity contribution in [1.82, 2.24) is 24.7 Å². The van der Waals surface area contributed by atoms with Crippen molar-refractivity contribution in [3.05, 3.63) is 18.3 Å². The first-order valence-corrected chi connectivity index (χ1v) is 11.7. The minimum absolute atomic E-state index is 0.172. The Morgan fingerprint density at radius 3 is 2.58 bits per heavy atom. The number of imide groups is 1. The Morgan fingerprint density at radius 2 is 1.87 bits per heavy atom. The van der Waals surface area contributed by atoms with Gasteiger partial charge in [0.2, 0.25) is 5.91 Å². The van der Waals surface area contributed by atoms with E-state index >= 15 is 0 Å². The summed E-state index contributed by atoms with van der Waals surface area (Å²) < 4.78 is 0. The smallest absolute Gasteiger partial charge is 0.327 e. The predicted molar refractivity (Wildman–Crippen MR) is 117 cm³/mol. The molecular formula is C21H26N6O3S. The molecule has 3 fully saturated rings. The number of urea groups is 1. The number of hydrogen-bond donors (Lipinski definition) is 0. The first-order chi connectivity index (χ1) is 15.0. The third-order valence-electron chi connectivity index (χ3n) is 6.84. The van der Waals surface area contributed by atoms with Crippen LogP contribution in [0.4, 0.5) is 9.93 Å². The van der Waals surface area contributed by atoms with Gasteiger partial charge in [0.25, 0.3) is 5.91 Å². The summed E-state index contributed by atoms with van der Waals surface area (Å²) in [5, 5.41) is 0.909. The van der Waals surface area contributed by atoms with E-state index in [1.165, 1.54) is 4.90 Å². The van der Waals surface area contributed by atoms with Gasteiger partial charge in [-0.3, -0.25) is 14.5 Å². The van der Waals surface area contributed by atoms with E-state index in [0.717, 1.165) is 34.7 Å². The fraction of sp³-hybridized carbons (Fsp3) is 0.571. The van der Waals surface area contributed by atoms with Gasteiger partial charge in [-0.15, -0.1) is 0 Å². The van der Waals surface area contributed by atoms with E-state index in [4.69, 9.17) is 0 Å². The Morgan fingerprint density at radius 1 is 1.13 bits per heavy atom. The van der Waals surface area contributed by atoms with E-state index in [9.17, 15) is 14.4 Å². The number of nitrogens with zero attached hydrogens (tertiary/aromatic N) is 6. The maximum Gasteiger partial charge on any atom is 0.327 e. The molecule has 2 aromatic heterocycles. The molecule has 5 rings (SSSR count). The van der Waals surface area contributed by atoms with Crippen molar-refractivity contribution in [3.63, 3.8) is 0 Å². The molecule has 3 aliphatic rings. The Bertz CT molecular complexity index is 992. The number of carbonyl (C=O) groups is 3. The minimum atomic E-state index is -0.741. The van der Waals surface area contributed by atoms with E-state index in [-0.39, 0.29) is 24.4 Å². The first-order valence-electron chi connectivity index (χ1n) is 10.8. The average molecular weight is 443 g/mol. The van der Waals surface area contributed by atoms with Crippen LogP contribution in [-0.4, -0.2) is 87.8 Å². The minimum Gasteiger partial charge on any atom is -0.344 e. The molecule has 0 radical (unpaired) electrons. The van der Waals surface area contributed by atoms with E-state index in [1.807, 2.05) is 12.1 Å². The summed E-state index contributed by atoms with van der Waals surface area (Å²) in [7, 11) is 1.70. The summed E-state index contributed by atoms with van der Waals surface area (Å²) in [4.78, 5) is 55.3. The molecule has 1 aliphatic carbocycles. The number of anilines is 1. The van der Waals surface area contributed by atoms with Crippen molar-refractivity contribution in [1.29, 1.82) is 0 Å². The molecule has 0 N–H and O–H groups in total. The quantitative estimate of drug-likeness (QED) is 0.675. The molecule has 0 aromatic carbocycles. The van der Waals surface area contributed by atoms with Crippen molar-refractivity contribution >= 4 is 44.7 Å². The number of rotatable bonds is 3. The average Bonchev–Trinajstić information content (AvgIpc) is 3.31. The number of carbonyl (C=O) groups excluding carboxylic acids is 3. The lowest BCUT2D eigenvalue weighted by molar-refractivity contribution is -0.140. The Kier molecular flexibility index (Phi) is 5.04. The van der Waals surface area contributed by atoms with E-state index in [0.29, 0.717) is 39.0 Å². The van der Waals surface area contributed by atoms with Crippen molar-refractivity contribution in [3.8, 4) is 0 Å². The molecule has 0 bridgehead atoms. The zero-order valence-electron chi connectivity index (χ0n) is 17.6. The fourth-order valence-electron chi connectivity index (χ4n) is 4.95. The summed E-state index contributed by atoms with van der Waals surface area (Å²) in [6.45, 7) is 2.24. The number of piperazine rings is 1. The Hall–Kier alpha value is -2.75. The van der Waals surface area contributed by atoms with Crippen LogP contribution in [0.1, 0.15) is 32.1 Å². The summed E-state index contributed by atoms with van der Waals surface area (Å²) in [5.74, 6) is -0.373. The topological polar surface area (TPSA) is 90.0 Å². The molecule has 1 saturated carbocycles. The highest BCUT2D eigenvalue weighted by atomic mass is 32.1. The number of aromatic nitrogens is 2. The first kappa shape index (κ1) is 20.2. The van der Waals surface area contributed by atoms with Gasteiger partial charge in [-0.1, -0.05) is 30.6 Å². The summed E-state index contributed by atoms with van der Waals surface area (Å²) in [6.07, 6.45) is 6.10. The van der Waals surface area contributed by atoms with Crippen LogP contribution in [0.15, 0.2) is 18.3 Å². The molecule has 4 heterocycles. The highest BCUT2D eigenvalue weighted by Gasteiger charge is 2.56. The zero-order chi connectivity index (χ0) is 21.6. The van der Waals surface area contributed by atoms with Gasteiger partial charge in [0.1, 0.15) is 22.4 Å². The number of hydrogen-bond acceptors (Lipinski definition) is 7. The number of amides is 4. The Labute approximate surface area is 184 Å². The van der Waals surface area contributed by atoms with Gasteiger partial charge in [0, 0.05) is 39.4 Å². The summed E-state index contributed by atoms with van der Waals surface area (Å²) in [5.41, 5.74) is 0.141. The molecule has 2 saturated heterocycles. The zero-order valence-corrected chi connectivity index (χ0v) is 18.4. The van der Waals surface area contributed by atoms with Crippen LogP contribution >= 0.6 is 11.3 Å². The molecule has 2 aliphatic heterocycles. The van der Waals surface area contributed by atoms with E-state index in [2.05, 4.69) is 14.9 Å². The van der Waals surface area contributed by atoms with Gasteiger partial charge >= 0.3 is 6.03 Å². The second-order valence-electron chi connectivity index (χ2n) is 8.52. The van der Waals surface area contributed by atoms with Crippen LogP contribution < -0.4 is 4.90 Å². The predicted octanol–water partition coefficient (Wildman–Crippen LogP) is 1.94. The second-order valence-corrected chi connectivity index (χ2v) is 9.47. The number of fused-ring (bicyclic) bond motifs is 1. The molecule has 4 amide bonds. The highest BCUT2D eigenvalue weighted by molar-refractivity contribution is 7.21. The second kappa shape index (κ2) is 7.74. The Balaban J connectivity index is 1.22. The molecule has 9 nitrogen and oxygen atoms in total. The number of pyridine rings is 1. The SMILES string of the molecule is CN1C(=O)N(CC(=O)N2CCN(c3nc4cccnc4s3)CC2)C(=O)C12CCCCC2. The number of thiazole rings is 1. The largest absolute Gasteiger partial charge is 0.344 e. The standard InChI is InChI=1S/C21H26N6O3S/c1-24-20(30)27(18(29)21(24)7-3-2-4-8-21)14-16(28)25-10-12-26(13-11-25)19-23-15-6-5-9-22-17(15)31-19/h5-6,9H,2-4,7-8,10-14H2,1H3. The third-order valence-corrected chi connectivity index (χ3v) is 7.88. The van der Waals surface area contributed by atoms with Crippen molar-refractivity contribution in [2.75, 3.05) is 44.7 Å². The van der Waals surface area contributed by atoms with Crippen LogP contribution in [-0.2, 0) is 9.59 Å². The van der Waals surface area contributed by atoms with Gasteiger partial charge in [0.05, 0.1) is 0 Å². The molecule has 31 heavy (non-hydrogen) atoms. The normalized spacial score (nSPS) is 21.6. The summed E-state index contributed by atoms with van der Waals surface area (Å²) in [6, 6.07) is 3.47. The molecule has 0 unspecified atom stereocenters. The van der Waals surface area contributed by atoms with Crippen molar-refractivity contribution < 1.29 is 14.4 Å². The third kappa shape index (κ3) is 3.33. The van der Waals surface area contributed by atoms with Gasteiger partial charge in [-0.2, -0.15) is 0 Å². The van der Waals surface area contributed by atoms with E-state index < -0.39 is 5.54 Å². The van der Waals surface area contributed by atoms with Crippen LogP contribution in [0.3, 0.4) is 0 Å². The summed E-state index contributed by atoms with van der Waals surface area (Å²) >= 11 is 1.55. The van der Waals surface area contributed by atoms with Gasteiger partial charge < -0.3 is 14.7 Å². The van der Waals surface area contributed by atoms with Gasteiger partial charge in [0.15, 0.2) is 5.13 Å². The molecule has 164 valence electrons. The number of likely N-dealkylation sites (N-methyl/N-ethyl adjacent to an activating group) is 1. The molecule has 0 atom stereocenters. The lowest BCUT2D eigenvalue weighted by atomic mass is 9.81. The monoisotopic (exact) mass is 442 g/mol. The van der Waals surface area contributed by atoms with Gasteiger partial charge in [-0.05, 0) is 25.0 Å². The molecule has 10 heteroatoms. The van der Waals surface area contributed by atoms with Crippen molar-refractivity contribution in [2.45, 2.75) is 37.6 Å². The molecular weight excluding hydrogens is 416 g/mol. The highest BCUT2D eigenvalue weighted by Crippen LogP contribution is 2.39. The van der Waals surface area contributed by atoms with Crippen LogP contribution in [0, 0.1) is 0 Å². The van der Waals surface area contributed by atoms with E-state index in [1.54, 1.807) is 34.4 Å². The fourth-order valence-corrected chi connectivity index (χ4v) is 5.91. The lowest BCUT2D eigenvalue weighted by Gasteiger charge is -2.36. The van der Waals surface area contributed by atoms with Crippen LogP contribution in [0.25, 0.3) is 10.3 Å². The van der Waals surface area contributed by atoms with Crippen LogP contribution in [0.5, 0.6) is 0 Å². The molecule has 2 aromatic rings. The van der Waals surface area contributed by atoms with Crippen molar-refractivity contribution in [2.24, 2.45) is 0 Å². The molecule has 1 spiro atoms. The maximum absolute atomic E-state index is 13.1. The lowest BCUT2D eigenvalue weighted by Crippen LogP contribution is -2.52. The van der Waals surface area contributed by atoms with Crippen LogP contribution in [0.2, 0.25) is 0 Å².